The highest BCUT2D eigenvalue weighted by molar-refractivity contribution is 5.27. The molecular formula is C14H22N2O2. The van der Waals surface area contributed by atoms with Crippen molar-refractivity contribution in [3.8, 4) is 5.75 Å². The predicted octanol–water partition coefficient (Wildman–Crippen LogP) is 1.37. The first-order valence-electron chi connectivity index (χ1n) is 6.58. The van der Waals surface area contributed by atoms with Crippen LogP contribution < -0.4 is 5.32 Å². The Morgan fingerprint density at radius 2 is 1.94 bits per heavy atom. The van der Waals surface area contributed by atoms with Gasteiger partial charge in [0.25, 0.3) is 0 Å². The van der Waals surface area contributed by atoms with Crippen molar-refractivity contribution < 1.29 is 9.84 Å². The number of aromatic hydroxyl groups is 1. The average molecular weight is 250 g/mol. The number of nitrogens with zero attached hydrogens (tertiary/aromatic N) is 1. The van der Waals surface area contributed by atoms with Gasteiger partial charge in [0.1, 0.15) is 5.75 Å². The first-order valence-corrected chi connectivity index (χ1v) is 6.58. The summed E-state index contributed by atoms with van der Waals surface area (Å²) in [5.41, 5.74) is 1.20. The molecule has 0 radical (unpaired) electrons. The molecule has 0 spiro atoms. The smallest absolute Gasteiger partial charge is 0.115 e. The highest BCUT2D eigenvalue weighted by Gasteiger charge is 2.10. The molecule has 0 aliphatic carbocycles. The van der Waals surface area contributed by atoms with E-state index in [4.69, 9.17) is 4.74 Å². The fraction of sp³-hybridized carbons (Fsp3) is 0.571. The van der Waals surface area contributed by atoms with Gasteiger partial charge in [0.15, 0.2) is 0 Å². The summed E-state index contributed by atoms with van der Waals surface area (Å²) in [5, 5.41) is 12.7. The van der Waals surface area contributed by atoms with Crippen LogP contribution in [0, 0.1) is 0 Å². The maximum absolute atomic E-state index is 9.25. The molecule has 1 aromatic rings. The maximum Gasteiger partial charge on any atom is 0.115 e. The monoisotopic (exact) mass is 250 g/mol. The molecule has 1 unspecified atom stereocenters. The van der Waals surface area contributed by atoms with E-state index in [0.29, 0.717) is 11.8 Å². The molecule has 1 heterocycles. The molecule has 4 heteroatoms. The fourth-order valence-corrected chi connectivity index (χ4v) is 2.14. The summed E-state index contributed by atoms with van der Waals surface area (Å²) in [7, 11) is 0. The van der Waals surface area contributed by atoms with Gasteiger partial charge in [-0.15, -0.1) is 0 Å². The van der Waals surface area contributed by atoms with Gasteiger partial charge in [-0.05, 0) is 24.6 Å². The predicted molar refractivity (Wildman–Crippen MR) is 71.8 cm³/mol. The third-order valence-corrected chi connectivity index (χ3v) is 3.38. The number of rotatable bonds is 5. The molecule has 1 saturated heterocycles. The standard InChI is InChI=1S/C14H22N2O2/c1-12(13-2-4-14(17)5-3-13)15-6-7-16-8-10-18-11-9-16/h2-5,12,15,17H,6-11H2,1H3. The molecule has 100 valence electrons. The minimum Gasteiger partial charge on any atom is -0.508 e. The van der Waals surface area contributed by atoms with Crippen LogP contribution in [0.5, 0.6) is 5.75 Å². The molecule has 1 aromatic carbocycles. The molecule has 1 atom stereocenters. The van der Waals surface area contributed by atoms with E-state index in [0.717, 1.165) is 39.4 Å². The van der Waals surface area contributed by atoms with Gasteiger partial charge >= 0.3 is 0 Å². The second-order valence-electron chi connectivity index (χ2n) is 4.72. The van der Waals surface area contributed by atoms with Crippen molar-refractivity contribution in [2.24, 2.45) is 0 Å². The van der Waals surface area contributed by atoms with Gasteiger partial charge in [-0.25, -0.2) is 0 Å². The Labute approximate surface area is 109 Å². The largest absolute Gasteiger partial charge is 0.508 e. The molecule has 0 bridgehead atoms. The van der Waals surface area contributed by atoms with E-state index in [1.807, 2.05) is 12.1 Å². The van der Waals surface area contributed by atoms with E-state index < -0.39 is 0 Å². The van der Waals surface area contributed by atoms with Crippen LogP contribution in [0.3, 0.4) is 0 Å². The van der Waals surface area contributed by atoms with E-state index >= 15 is 0 Å². The summed E-state index contributed by atoms with van der Waals surface area (Å²) in [6, 6.07) is 7.70. The molecule has 1 fully saturated rings. The summed E-state index contributed by atoms with van der Waals surface area (Å²) in [5.74, 6) is 0.319. The van der Waals surface area contributed by atoms with Crippen LogP contribution in [-0.2, 0) is 4.74 Å². The van der Waals surface area contributed by atoms with Crippen LogP contribution in [0.15, 0.2) is 24.3 Å². The number of ether oxygens (including phenoxy) is 1. The normalized spacial score (nSPS) is 18.7. The summed E-state index contributed by atoms with van der Waals surface area (Å²) in [6.45, 7) is 7.96. The Balaban J connectivity index is 1.70. The lowest BCUT2D eigenvalue weighted by Crippen LogP contribution is -2.40. The van der Waals surface area contributed by atoms with Crippen molar-refractivity contribution in [3.63, 3.8) is 0 Å². The summed E-state index contributed by atoms with van der Waals surface area (Å²) in [4.78, 5) is 2.42. The minimum atomic E-state index is 0.312. The first kappa shape index (κ1) is 13.3. The van der Waals surface area contributed by atoms with E-state index in [1.54, 1.807) is 12.1 Å². The second-order valence-corrected chi connectivity index (χ2v) is 4.72. The highest BCUT2D eigenvalue weighted by Crippen LogP contribution is 2.15. The number of nitrogens with one attached hydrogen (secondary N) is 1. The van der Waals surface area contributed by atoms with E-state index in [9.17, 15) is 5.11 Å². The lowest BCUT2D eigenvalue weighted by atomic mass is 10.1. The van der Waals surface area contributed by atoms with E-state index in [2.05, 4.69) is 17.1 Å². The average Bonchev–Trinajstić information content (AvgIpc) is 2.40. The number of benzene rings is 1. The van der Waals surface area contributed by atoms with Crippen LogP contribution in [-0.4, -0.2) is 49.4 Å². The Kier molecular flexibility index (Phi) is 4.99. The fourth-order valence-electron chi connectivity index (χ4n) is 2.14. The summed E-state index contributed by atoms with van der Waals surface area (Å²) < 4.78 is 5.32. The van der Waals surface area contributed by atoms with E-state index in [1.165, 1.54) is 5.56 Å². The van der Waals surface area contributed by atoms with Crippen molar-refractivity contribution >= 4 is 0 Å². The van der Waals surface area contributed by atoms with Gasteiger partial charge in [-0.2, -0.15) is 0 Å². The topological polar surface area (TPSA) is 44.7 Å². The number of hydrogen-bond donors (Lipinski definition) is 2. The van der Waals surface area contributed by atoms with Crippen molar-refractivity contribution in [1.82, 2.24) is 10.2 Å². The van der Waals surface area contributed by atoms with Crippen LogP contribution in [0.2, 0.25) is 0 Å². The Bertz CT molecular complexity index is 347. The van der Waals surface area contributed by atoms with Gasteiger partial charge in [-0.3, -0.25) is 4.90 Å². The Morgan fingerprint density at radius 3 is 2.61 bits per heavy atom. The van der Waals surface area contributed by atoms with Crippen molar-refractivity contribution in [2.45, 2.75) is 13.0 Å². The van der Waals surface area contributed by atoms with E-state index in [-0.39, 0.29) is 0 Å². The molecular weight excluding hydrogens is 228 g/mol. The zero-order chi connectivity index (χ0) is 12.8. The molecule has 1 aliphatic heterocycles. The maximum atomic E-state index is 9.25. The van der Waals surface area contributed by atoms with Gasteiger partial charge in [0.2, 0.25) is 0 Å². The quantitative estimate of drug-likeness (QED) is 0.828. The zero-order valence-corrected chi connectivity index (χ0v) is 10.9. The zero-order valence-electron chi connectivity index (χ0n) is 10.9. The first-order chi connectivity index (χ1) is 8.75. The molecule has 18 heavy (non-hydrogen) atoms. The molecule has 0 saturated carbocycles. The Hall–Kier alpha value is -1.10. The third-order valence-electron chi connectivity index (χ3n) is 3.38. The summed E-state index contributed by atoms with van der Waals surface area (Å²) >= 11 is 0. The number of morpholine rings is 1. The van der Waals surface area contributed by atoms with Gasteiger partial charge in [0.05, 0.1) is 13.2 Å². The lowest BCUT2D eigenvalue weighted by molar-refractivity contribution is 0.0382. The molecule has 2 rings (SSSR count). The van der Waals surface area contributed by atoms with Crippen molar-refractivity contribution in [1.29, 1.82) is 0 Å². The molecule has 0 aromatic heterocycles. The number of phenolic OH excluding ortho intramolecular Hbond substituents is 1. The molecule has 0 amide bonds. The van der Waals surface area contributed by atoms with Crippen LogP contribution >= 0.6 is 0 Å². The second kappa shape index (κ2) is 6.73. The number of hydrogen-bond acceptors (Lipinski definition) is 4. The molecule has 2 N–H and O–H groups in total. The van der Waals surface area contributed by atoms with Gasteiger partial charge < -0.3 is 15.2 Å². The summed E-state index contributed by atoms with van der Waals surface area (Å²) in [6.07, 6.45) is 0. The highest BCUT2D eigenvalue weighted by atomic mass is 16.5. The van der Waals surface area contributed by atoms with Crippen LogP contribution in [0.1, 0.15) is 18.5 Å². The third kappa shape index (κ3) is 3.98. The van der Waals surface area contributed by atoms with Crippen molar-refractivity contribution in [2.75, 3.05) is 39.4 Å². The molecule has 1 aliphatic rings. The van der Waals surface area contributed by atoms with Crippen molar-refractivity contribution in [3.05, 3.63) is 29.8 Å². The molecule has 4 nitrogen and oxygen atoms in total. The van der Waals surface area contributed by atoms with Gasteiger partial charge in [0, 0.05) is 32.2 Å². The SMILES string of the molecule is CC(NCCN1CCOCC1)c1ccc(O)cc1. The van der Waals surface area contributed by atoms with Crippen LogP contribution in [0.4, 0.5) is 0 Å². The minimum absolute atomic E-state index is 0.312. The van der Waals surface area contributed by atoms with Crippen LogP contribution in [0.25, 0.3) is 0 Å². The lowest BCUT2D eigenvalue weighted by Gasteiger charge is -2.27. The Morgan fingerprint density at radius 1 is 1.28 bits per heavy atom. The van der Waals surface area contributed by atoms with Gasteiger partial charge in [-0.1, -0.05) is 12.1 Å². The number of phenols is 1.